The van der Waals surface area contributed by atoms with E-state index in [1.807, 2.05) is 35.9 Å². The monoisotopic (exact) mass is 284 g/mol. The highest BCUT2D eigenvalue weighted by atomic mass is 32.1. The van der Waals surface area contributed by atoms with Crippen LogP contribution >= 0.6 is 11.3 Å². The van der Waals surface area contributed by atoms with Crippen molar-refractivity contribution in [1.82, 2.24) is 14.4 Å². The Morgan fingerprint density at radius 1 is 1.25 bits per heavy atom. The fourth-order valence-corrected chi connectivity index (χ4v) is 4.27. The number of aromatic nitrogens is 3. The molecule has 2 N–H and O–H groups in total. The molecule has 4 rings (SSSR count). The highest BCUT2D eigenvalue weighted by Gasteiger charge is 2.23. The molecule has 0 unspecified atom stereocenters. The van der Waals surface area contributed by atoms with Crippen LogP contribution in [0.2, 0.25) is 0 Å². The van der Waals surface area contributed by atoms with Crippen LogP contribution in [-0.4, -0.2) is 20.9 Å². The van der Waals surface area contributed by atoms with Crippen molar-refractivity contribution in [2.45, 2.75) is 25.7 Å². The molecule has 0 aliphatic heterocycles. The summed E-state index contributed by atoms with van der Waals surface area (Å²) in [6.07, 6.45) is 8.14. The molecule has 0 spiro atoms. The van der Waals surface area contributed by atoms with Crippen LogP contribution in [0.4, 0.5) is 0 Å². The SMILES string of the molecule is NCCc1c(-c2ccncc2)nc2sc3c(n12)CCC3. The van der Waals surface area contributed by atoms with E-state index in [9.17, 15) is 0 Å². The number of nitrogens with two attached hydrogens (primary N) is 1. The second kappa shape index (κ2) is 4.68. The van der Waals surface area contributed by atoms with Crippen molar-refractivity contribution in [2.75, 3.05) is 6.54 Å². The highest BCUT2D eigenvalue weighted by Crippen LogP contribution is 2.35. The van der Waals surface area contributed by atoms with Gasteiger partial charge in [-0.15, -0.1) is 11.3 Å². The fourth-order valence-electron chi connectivity index (χ4n) is 3.04. The van der Waals surface area contributed by atoms with E-state index >= 15 is 0 Å². The van der Waals surface area contributed by atoms with E-state index < -0.39 is 0 Å². The summed E-state index contributed by atoms with van der Waals surface area (Å²) in [5.41, 5.74) is 10.7. The molecule has 5 heteroatoms. The largest absolute Gasteiger partial charge is 0.330 e. The summed E-state index contributed by atoms with van der Waals surface area (Å²) >= 11 is 1.84. The summed E-state index contributed by atoms with van der Waals surface area (Å²) in [7, 11) is 0. The normalized spacial score (nSPS) is 14.1. The number of pyridine rings is 1. The van der Waals surface area contributed by atoms with Gasteiger partial charge in [0.2, 0.25) is 0 Å². The van der Waals surface area contributed by atoms with E-state index in [0.717, 1.165) is 22.6 Å². The topological polar surface area (TPSA) is 56.2 Å². The molecule has 3 aromatic rings. The number of imidazole rings is 1. The Balaban J connectivity index is 1.97. The Labute approximate surface area is 121 Å². The van der Waals surface area contributed by atoms with Crippen LogP contribution in [0.1, 0.15) is 22.7 Å². The quantitative estimate of drug-likeness (QED) is 0.803. The van der Waals surface area contributed by atoms with Crippen molar-refractivity contribution in [2.24, 2.45) is 5.73 Å². The average Bonchev–Trinajstić information content (AvgIpc) is 3.12. The van der Waals surface area contributed by atoms with Crippen LogP contribution in [0.5, 0.6) is 0 Å². The number of hydrogen-bond donors (Lipinski definition) is 1. The molecule has 0 amide bonds. The maximum Gasteiger partial charge on any atom is 0.194 e. The minimum absolute atomic E-state index is 0.649. The van der Waals surface area contributed by atoms with E-state index in [1.54, 1.807) is 0 Å². The first kappa shape index (κ1) is 12.1. The lowest BCUT2D eigenvalue weighted by atomic mass is 10.1. The molecule has 3 heterocycles. The molecular weight excluding hydrogens is 268 g/mol. The average molecular weight is 284 g/mol. The lowest BCUT2D eigenvalue weighted by molar-refractivity contribution is 0.853. The molecule has 0 bridgehead atoms. The number of nitrogens with zero attached hydrogens (tertiary/aromatic N) is 3. The van der Waals surface area contributed by atoms with Gasteiger partial charge in [0.1, 0.15) is 0 Å². The van der Waals surface area contributed by atoms with Crippen molar-refractivity contribution in [3.8, 4) is 11.3 Å². The van der Waals surface area contributed by atoms with Gasteiger partial charge in [-0.25, -0.2) is 4.98 Å². The van der Waals surface area contributed by atoms with Crippen molar-refractivity contribution < 1.29 is 0 Å². The number of hydrogen-bond acceptors (Lipinski definition) is 4. The lowest BCUT2D eigenvalue weighted by Crippen LogP contribution is -2.07. The van der Waals surface area contributed by atoms with Crippen molar-refractivity contribution in [1.29, 1.82) is 0 Å². The van der Waals surface area contributed by atoms with Gasteiger partial charge in [0.25, 0.3) is 0 Å². The molecule has 3 aromatic heterocycles. The molecule has 0 saturated carbocycles. The lowest BCUT2D eigenvalue weighted by Gasteiger charge is -2.04. The second-order valence-corrected chi connectivity index (χ2v) is 6.19. The predicted octanol–water partition coefficient (Wildman–Crippen LogP) is 2.45. The van der Waals surface area contributed by atoms with Crippen LogP contribution in [0, 0.1) is 0 Å². The molecule has 0 atom stereocenters. The van der Waals surface area contributed by atoms with Crippen molar-refractivity contribution in [3.63, 3.8) is 0 Å². The Kier molecular flexibility index (Phi) is 2.82. The fraction of sp³-hybridized carbons (Fsp3) is 0.333. The summed E-state index contributed by atoms with van der Waals surface area (Å²) in [5.74, 6) is 0. The summed E-state index contributed by atoms with van der Waals surface area (Å²) in [4.78, 5) is 11.6. The maximum atomic E-state index is 5.82. The third-order valence-electron chi connectivity index (χ3n) is 3.90. The van der Waals surface area contributed by atoms with E-state index in [0.29, 0.717) is 6.54 Å². The van der Waals surface area contributed by atoms with Gasteiger partial charge in [0.15, 0.2) is 4.96 Å². The zero-order chi connectivity index (χ0) is 13.5. The van der Waals surface area contributed by atoms with Crippen molar-refractivity contribution in [3.05, 3.63) is 40.8 Å². The Bertz CT molecular complexity index is 757. The highest BCUT2D eigenvalue weighted by molar-refractivity contribution is 7.17. The molecule has 0 saturated heterocycles. The Hall–Kier alpha value is -1.72. The third kappa shape index (κ3) is 1.70. The van der Waals surface area contributed by atoms with Crippen LogP contribution in [-0.2, 0) is 19.3 Å². The van der Waals surface area contributed by atoms with Crippen LogP contribution in [0.25, 0.3) is 16.2 Å². The molecule has 0 radical (unpaired) electrons. The van der Waals surface area contributed by atoms with E-state index in [2.05, 4.69) is 9.38 Å². The van der Waals surface area contributed by atoms with E-state index in [1.165, 1.54) is 35.5 Å². The van der Waals surface area contributed by atoms with Gasteiger partial charge >= 0.3 is 0 Å². The zero-order valence-electron chi connectivity index (χ0n) is 11.2. The number of fused-ring (bicyclic) bond motifs is 3. The number of thiazole rings is 1. The summed E-state index contributed by atoms with van der Waals surface area (Å²) in [5, 5.41) is 0. The second-order valence-electron chi connectivity index (χ2n) is 5.13. The standard InChI is InChI=1S/C15H16N4S/c16-7-4-12-14(10-5-8-17-9-6-10)18-15-19(12)11-2-1-3-13(11)20-15/h5-6,8-9H,1-4,7,16H2. The predicted molar refractivity (Wildman–Crippen MR) is 81.1 cm³/mol. The molecular formula is C15H16N4S. The van der Waals surface area contributed by atoms with Gasteiger partial charge in [-0.3, -0.25) is 9.38 Å². The molecule has 1 aliphatic rings. The molecule has 102 valence electrons. The molecule has 0 aromatic carbocycles. The van der Waals surface area contributed by atoms with E-state index in [4.69, 9.17) is 10.7 Å². The minimum Gasteiger partial charge on any atom is -0.330 e. The van der Waals surface area contributed by atoms with Crippen LogP contribution < -0.4 is 5.73 Å². The van der Waals surface area contributed by atoms with Crippen molar-refractivity contribution >= 4 is 16.3 Å². The first-order chi connectivity index (χ1) is 9.88. The first-order valence-electron chi connectivity index (χ1n) is 7.01. The van der Waals surface area contributed by atoms with Crippen LogP contribution in [0.15, 0.2) is 24.5 Å². The first-order valence-corrected chi connectivity index (χ1v) is 7.82. The van der Waals surface area contributed by atoms with Gasteiger partial charge < -0.3 is 5.73 Å². The summed E-state index contributed by atoms with van der Waals surface area (Å²) in [6, 6.07) is 4.04. The maximum absolute atomic E-state index is 5.82. The molecule has 20 heavy (non-hydrogen) atoms. The zero-order valence-corrected chi connectivity index (χ0v) is 12.0. The van der Waals surface area contributed by atoms with Gasteiger partial charge in [-0.1, -0.05) is 0 Å². The van der Waals surface area contributed by atoms with Gasteiger partial charge in [0.05, 0.1) is 11.4 Å². The third-order valence-corrected chi connectivity index (χ3v) is 5.04. The molecule has 1 aliphatic carbocycles. The van der Waals surface area contributed by atoms with Gasteiger partial charge in [-0.2, -0.15) is 0 Å². The van der Waals surface area contributed by atoms with Gasteiger partial charge in [0, 0.05) is 34.9 Å². The molecule has 4 nitrogen and oxygen atoms in total. The smallest absolute Gasteiger partial charge is 0.194 e. The van der Waals surface area contributed by atoms with Gasteiger partial charge in [-0.05, 0) is 37.9 Å². The number of rotatable bonds is 3. The van der Waals surface area contributed by atoms with Crippen LogP contribution in [0.3, 0.4) is 0 Å². The summed E-state index contributed by atoms with van der Waals surface area (Å²) < 4.78 is 2.36. The Morgan fingerprint density at radius 2 is 2.10 bits per heavy atom. The minimum atomic E-state index is 0.649. The molecule has 0 fully saturated rings. The number of aryl methyl sites for hydroxylation is 2. The van der Waals surface area contributed by atoms with E-state index in [-0.39, 0.29) is 0 Å². The summed E-state index contributed by atoms with van der Waals surface area (Å²) in [6.45, 7) is 0.649. The Morgan fingerprint density at radius 3 is 2.90 bits per heavy atom.